The van der Waals surface area contributed by atoms with Crippen molar-refractivity contribution in [1.82, 2.24) is 4.90 Å². The number of hydrogen-bond acceptors (Lipinski definition) is 4. The van der Waals surface area contributed by atoms with Gasteiger partial charge in [-0.3, -0.25) is 0 Å². The third kappa shape index (κ3) is 7.12. The van der Waals surface area contributed by atoms with Crippen molar-refractivity contribution in [2.24, 2.45) is 0 Å². The van der Waals surface area contributed by atoms with E-state index >= 15 is 0 Å². The standard InChI is InChI=1S/C21H27ClN2O3/c1-21(2,3)27-20(26)24(12-11-15-7-9-18(23)10-8-15)14-19(25)16-5-4-6-17(22)13-16/h4-10,13,19,25H,11-12,14,23H2,1-3H3/t19-/m0/s1. The Hall–Kier alpha value is -2.24. The Morgan fingerprint density at radius 3 is 2.48 bits per heavy atom. The predicted octanol–water partition coefficient (Wildman–Crippen LogP) is 4.44. The summed E-state index contributed by atoms with van der Waals surface area (Å²) in [7, 11) is 0. The van der Waals surface area contributed by atoms with Gasteiger partial charge in [-0.1, -0.05) is 35.9 Å². The van der Waals surface area contributed by atoms with Gasteiger partial charge in [0.05, 0.1) is 12.6 Å². The van der Waals surface area contributed by atoms with Crippen molar-refractivity contribution in [2.75, 3.05) is 18.8 Å². The van der Waals surface area contributed by atoms with Crippen LogP contribution in [0.1, 0.15) is 38.0 Å². The molecule has 2 rings (SSSR count). The van der Waals surface area contributed by atoms with Crippen LogP contribution in [0.15, 0.2) is 48.5 Å². The van der Waals surface area contributed by atoms with Crippen LogP contribution in [0.5, 0.6) is 0 Å². The van der Waals surface area contributed by atoms with Crippen LogP contribution < -0.4 is 5.73 Å². The third-order valence-electron chi connectivity index (χ3n) is 3.93. The molecule has 146 valence electrons. The van der Waals surface area contributed by atoms with Crippen molar-refractivity contribution in [2.45, 2.75) is 38.9 Å². The molecule has 0 saturated heterocycles. The van der Waals surface area contributed by atoms with E-state index in [1.807, 2.05) is 45.0 Å². The van der Waals surface area contributed by atoms with Crippen molar-refractivity contribution in [3.05, 3.63) is 64.7 Å². The molecule has 2 aromatic carbocycles. The van der Waals surface area contributed by atoms with Gasteiger partial charge in [-0.05, 0) is 62.6 Å². The summed E-state index contributed by atoms with van der Waals surface area (Å²) in [6.45, 7) is 5.98. The van der Waals surface area contributed by atoms with Gasteiger partial charge in [0, 0.05) is 17.3 Å². The van der Waals surface area contributed by atoms with Crippen molar-refractivity contribution in [3.63, 3.8) is 0 Å². The molecule has 0 spiro atoms. The van der Waals surface area contributed by atoms with Crippen LogP contribution in [0.4, 0.5) is 10.5 Å². The smallest absolute Gasteiger partial charge is 0.410 e. The molecule has 0 aliphatic heterocycles. The summed E-state index contributed by atoms with van der Waals surface area (Å²) in [5.74, 6) is 0. The molecular weight excluding hydrogens is 364 g/mol. The van der Waals surface area contributed by atoms with Gasteiger partial charge in [0.15, 0.2) is 0 Å². The average Bonchev–Trinajstić information content (AvgIpc) is 2.58. The Morgan fingerprint density at radius 1 is 1.22 bits per heavy atom. The maximum Gasteiger partial charge on any atom is 0.410 e. The molecule has 0 unspecified atom stereocenters. The molecule has 1 atom stereocenters. The molecule has 2 aromatic rings. The fourth-order valence-corrected chi connectivity index (χ4v) is 2.76. The van der Waals surface area contributed by atoms with Gasteiger partial charge in [-0.25, -0.2) is 4.79 Å². The summed E-state index contributed by atoms with van der Waals surface area (Å²) in [6.07, 6.45) is -0.691. The lowest BCUT2D eigenvalue weighted by Crippen LogP contribution is -2.40. The molecule has 0 saturated carbocycles. The van der Waals surface area contributed by atoms with Crippen LogP contribution in [-0.4, -0.2) is 34.8 Å². The van der Waals surface area contributed by atoms with E-state index in [0.717, 1.165) is 5.56 Å². The number of carbonyl (C=O) groups is 1. The number of nitrogens with zero attached hydrogens (tertiary/aromatic N) is 1. The Labute approximate surface area is 165 Å². The highest BCUT2D eigenvalue weighted by Crippen LogP contribution is 2.20. The quantitative estimate of drug-likeness (QED) is 0.715. The fraction of sp³-hybridized carbons (Fsp3) is 0.381. The molecule has 0 aliphatic carbocycles. The molecule has 1 amide bonds. The molecule has 3 N–H and O–H groups in total. The fourth-order valence-electron chi connectivity index (χ4n) is 2.56. The first-order chi connectivity index (χ1) is 12.6. The number of anilines is 1. The monoisotopic (exact) mass is 390 g/mol. The van der Waals surface area contributed by atoms with Gasteiger partial charge in [0.25, 0.3) is 0 Å². The van der Waals surface area contributed by atoms with Crippen molar-refractivity contribution in [1.29, 1.82) is 0 Å². The molecule has 0 fully saturated rings. The highest BCUT2D eigenvalue weighted by atomic mass is 35.5. The second kappa shape index (κ2) is 9.11. The number of aliphatic hydroxyl groups excluding tert-OH is 1. The van der Waals surface area contributed by atoms with Crippen LogP contribution >= 0.6 is 11.6 Å². The second-order valence-corrected chi connectivity index (χ2v) is 7.93. The largest absolute Gasteiger partial charge is 0.444 e. The zero-order valence-corrected chi connectivity index (χ0v) is 16.7. The minimum Gasteiger partial charge on any atom is -0.444 e. The lowest BCUT2D eigenvalue weighted by atomic mass is 10.1. The number of carbonyl (C=O) groups excluding carboxylic acids is 1. The lowest BCUT2D eigenvalue weighted by molar-refractivity contribution is 0.0147. The number of rotatable bonds is 6. The number of nitrogen functional groups attached to an aromatic ring is 1. The number of ether oxygens (including phenoxy) is 1. The zero-order chi connectivity index (χ0) is 20.0. The van der Waals surface area contributed by atoms with E-state index in [0.29, 0.717) is 29.2 Å². The summed E-state index contributed by atoms with van der Waals surface area (Å²) >= 11 is 6.00. The first kappa shape index (κ1) is 21.1. The zero-order valence-electron chi connectivity index (χ0n) is 16.0. The summed E-state index contributed by atoms with van der Waals surface area (Å²) < 4.78 is 5.50. The molecule has 5 nitrogen and oxygen atoms in total. The van der Waals surface area contributed by atoms with Crippen LogP contribution in [-0.2, 0) is 11.2 Å². The van der Waals surface area contributed by atoms with Gasteiger partial charge in [0.2, 0.25) is 0 Å². The Kier molecular flexibility index (Phi) is 7.11. The third-order valence-corrected chi connectivity index (χ3v) is 4.16. The maximum atomic E-state index is 12.6. The van der Waals surface area contributed by atoms with Crippen LogP contribution in [0.3, 0.4) is 0 Å². The molecule has 0 aliphatic rings. The Bertz CT molecular complexity index is 757. The summed E-state index contributed by atoms with van der Waals surface area (Å²) in [6, 6.07) is 14.5. The first-order valence-corrected chi connectivity index (χ1v) is 9.28. The van der Waals surface area contributed by atoms with E-state index in [4.69, 9.17) is 22.1 Å². The number of aliphatic hydroxyl groups is 1. The number of benzene rings is 2. The van der Waals surface area contributed by atoms with Gasteiger partial charge in [-0.2, -0.15) is 0 Å². The van der Waals surface area contributed by atoms with Gasteiger partial charge in [-0.15, -0.1) is 0 Å². The SMILES string of the molecule is CC(C)(C)OC(=O)N(CCc1ccc(N)cc1)C[C@H](O)c1cccc(Cl)c1. The van der Waals surface area contributed by atoms with Crippen LogP contribution in [0, 0.1) is 0 Å². The average molecular weight is 391 g/mol. The van der Waals surface area contributed by atoms with Gasteiger partial charge >= 0.3 is 6.09 Å². The molecule has 0 aromatic heterocycles. The second-order valence-electron chi connectivity index (χ2n) is 7.49. The van der Waals surface area contributed by atoms with Crippen molar-refractivity contribution < 1.29 is 14.6 Å². The van der Waals surface area contributed by atoms with E-state index in [-0.39, 0.29) is 6.54 Å². The van der Waals surface area contributed by atoms with Gasteiger partial charge in [0.1, 0.15) is 5.60 Å². The van der Waals surface area contributed by atoms with Crippen molar-refractivity contribution >= 4 is 23.4 Å². The number of hydrogen-bond donors (Lipinski definition) is 2. The number of halogens is 1. The van der Waals surface area contributed by atoms with Crippen LogP contribution in [0.25, 0.3) is 0 Å². The molecule has 6 heteroatoms. The topological polar surface area (TPSA) is 75.8 Å². The molecule has 27 heavy (non-hydrogen) atoms. The van der Waals surface area contributed by atoms with E-state index < -0.39 is 17.8 Å². The normalized spacial score (nSPS) is 12.5. The minimum atomic E-state index is -0.859. The van der Waals surface area contributed by atoms with E-state index in [9.17, 15) is 9.90 Å². The Morgan fingerprint density at radius 2 is 1.89 bits per heavy atom. The molecular formula is C21H27ClN2O3. The van der Waals surface area contributed by atoms with Gasteiger partial charge < -0.3 is 20.5 Å². The van der Waals surface area contributed by atoms with Crippen molar-refractivity contribution in [3.8, 4) is 0 Å². The summed E-state index contributed by atoms with van der Waals surface area (Å²) in [4.78, 5) is 14.1. The lowest BCUT2D eigenvalue weighted by Gasteiger charge is -2.29. The highest BCUT2D eigenvalue weighted by Gasteiger charge is 2.24. The highest BCUT2D eigenvalue weighted by molar-refractivity contribution is 6.30. The maximum absolute atomic E-state index is 12.6. The minimum absolute atomic E-state index is 0.115. The first-order valence-electron chi connectivity index (χ1n) is 8.90. The van der Waals surface area contributed by atoms with Crippen LogP contribution in [0.2, 0.25) is 5.02 Å². The summed E-state index contributed by atoms with van der Waals surface area (Å²) in [5, 5.41) is 11.1. The van der Waals surface area contributed by atoms with E-state index in [2.05, 4.69) is 0 Å². The molecule has 0 heterocycles. The predicted molar refractivity (Wildman–Crippen MR) is 109 cm³/mol. The number of nitrogens with two attached hydrogens (primary N) is 1. The van der Waals surface area contributed by atoms with E-state index in [1.54, 1.807) is 24.3 Å². The molecule has 0 radical (unpaired) electrons. The molecule has 0 bridgehead atoms. The Balaban J connectivity index is 2.10. The summed E-state index contributed by atoms with van der Waals surface area (Å²) in [5.41, 5.74) is 7.50. The van der Waals surface area contributed by atoms with E-state index in [1.165, 1.54) is 4.90 Å². The number of amides is 1.